The molecule has 16 heavy (non-hydrogen) atoms. The van der Waals surface area contributed by atoms with Crippen molar-refractivity contribution in [2.24, 2.45) is 23.2 Å². The van der Waals surface area contributed by atoms with Gasteiger partial charge in [-0.15, -0.1) is 0 Å². The Hall–Kier alpha value is -0.410. The quantitative estimate of drug-likeness (QED) is 0.693. The van der Waals surface area contributed by atoms with Crippen LogP contribution in [0.15, 0.2) is 22.7 Å². The number of fused-ring (bicyclic) bond motifs is 5. The van der Waals surface area contributed by atoms with Gasteiger partial charge in [0.25, 0.3) is 0 Å². The van der Waals surface area contributed by atoms with Crippen molar-refractivity contribution in [2.75, 3.05) is 0 Å². The molecule has 0 aliphatic heterocycles. The predicted octanol–water partition coefficient (Wildman–Crippen LogP) is 2.43. The number of ketones is 1. The average Bonchev–Trinajstić information content (AvgIpc) is 2.66. The predicted molar refractivity (Wildman–Crippen MR) is 65.0 cm³/mol. The van der Waals surface area contributed by atoms with E-state index in [2.05, 4.69) is 22.0 Å². The number of carbonyl (C=O) groups excluding carboxylic acids is 1. The standard InChI is InChI=1S/C13H15BrO2/c1-12(2)11-7-4-3-5-8(7)13(12,16)10(15)6-9(11)14/h3,5-8,11,16H,4H2,1-2H3/t7-,8+,11+,13+/m1/s1. The van der Waals surface area contributed by atoms with Crippen molar-refractivity contribution in [1.82, 2.24) is 0 Å². The van der Waals surface area contributed by atoms with Gasteiger partial charge in [-0.3, -0.25) is 4.79 Å². The lowest BCUT2D eigenvalue weighted by Crippen LogP contribution is -2.54. The van der Waals surface area contributed by atoms with E-state index < -0.39 is 5.60 Å². The third-order valence-electron chi connectivity index (χ3n) is 4.83. The molecule has 3 heteroatoms. The number of carbonyl (C=O) groups is 1. The molecule has 2 bridgehead atoms. The molecule has 3 aliphatic carbocycles. The second kappa shape index (κ2) is 2.88. The molecular formula is C13H15BrO2. The van der Waals surface area contributed by atoms with Gasteiger partial charge in [0.15, 0.2) is 5.78 Å². The topological polar surface area (TPSA) is 37.3 Å². The lowest BCUT2D eigenvalue weighted by molar-refractivity contribution is -0.148. The highest BCUT2D eigenvalue weighted by atomic mass is 79.9. The van der Waals surface area contributed by atoms with Crippen LogP contribution in [0.5, 0.6) is 0 Å². The zero-order valence-electron chi connectivity index (χ0n) is 9.40. The summed E-state index contributed by atoms with van der Waals surface area (Å²) in [6.45, 7) is 4.02. The summed E-state index contributed by atoms with van der Waals surface area (Å²) in [6, 6.07) is 0. The van der Waals surface area contributed by atoms with Gasteiger partial charge in [-0.1, -0.05) is 41.9 Å². The van der Waals surface area contributed by atoms with E-state index in [0.717, 1.165) is 10.9 Å². The first-order chi connectivity index (χ1) is 7.40. The maximum Gasteiger partial charge on any atom is 0.189 e. The van der Waals surface area contributed by atoms with Gasteiger partial charge in [0.2, 0.25) is 0 Å². The van der Waals surface area contributed by atoms with Gasteiger partial charge in [0, 0.05) is 21.7 Å². The van der Waals surface area contributed by atoms with Gasteiger partial charge in [-0.05, 0) is 18.4 Å². The van der Waals surface area contributed by atoms with Crippen LogP contribution in [-0.2, 0) is 4.79 Å². The van der Waals surface area contributed by atoms with E-state index in [-0.39, 0.29) is 23.0 Å². The summed E-state index contributed by atoms with van der Waals surface area (Å²) in [5.41, 5.74) is -1.58. The summed E-state index contributed by atoms with van der Waals surface area (Å²) in [6.07, 6.45) is 6.69. The summed E-state index contributed by atoms with van der Waals surface area (Å²) < 4.78 is 0.961. The largest absolute Gasteiger partial charge is 0.380 e. The highest BCUT2D eigenvalue weighted by Crippen LogP contribution is 2.65. The van der Waals surface area contributed by atoms with Crippen molar-refractivity contribution in [3.8, 4) is 0 Å². The van der Waals surface area contributed by atoms with Crippen LogP contribution in [0.1, 0.15) is 20.3 Å². The highest BCUT2D eigenvalue weighted by Gasteiger charge is 2.69. The SMILES string of the molecule is CC1(C)[C@@H]2C(Br)=CC(=O)[C@@]1(O)[C@H]1C=CC[C@@H]21. The van der Waals surface area contributed by atoms with Gasteiger partial charge >= 0.3 is 0 Å². The fraction of sp³-hybridized carbons (Fsp3) is 0.615. The first-order valence-electron chi connectivity index (χ1n) is 5.71. The van der Waals surface area contributed by atoms with Gasteiger partial charge in [-0.25, -0.2) is 0 Å². The maximum absolute atomic E-state index is 12.2. The second-order valence-corrected chi connectivity index (χ2v) is 6.63. The van der Waals surface area contributed by atoms with Crippen molar-refractivity contribution >= 4 is 21.7 Å². The van der Waals surface area contributed by atoms with Crippen molar-refractivity contribution < 1.29 is 9.90 Å². The van der Waals surface area contributed by atoms with Crippen LogP contribution in [0, 0.1) is 23.2 Å². The minimum absolute atomic E-state index is 0.00806. The van der Waals surface area contributed by atoms with Crippen LogP contribution < -0.4 is 0 Å². The maximum atomic E-state index is 12.2. The Labute approximate surface area is 104 Å². The van der Waals surface area contributed by atoms with Gasteiger partial charge in [0.1, 0.15) is 5.60 Å². The van der Waals surface area contributed by atoms with Crippen LogP contribution in [0.2, 0.25) is 0 Å². The fourth-order valence-corrected chi connectivity index (χ4v) is 5.14. The molecule has 86 valence electrons. The normalized spacial score (nSPS) is 48.1. The molecule has 0 aromatic rings. The molecule has 3 rings (SSSR count). The summed E-state index contributed by atoms with van der Waals surface area (Å²) in [7, 11) is 0. The molecule has 4 atom stereocenters. The van der Waals surface area contributed by atoms with Crippen LogP contribution >= 0.6 is 15.9 Å². The molecule has 0 aromatic heterocycles. The smallest absolute Gasteiger partial charge is 0.189 e. The number of halogens is 1. The van der Waals surface area contributed by atoms with E-state index in [1.54, 1.807) is 6.08 Å². The molecule has 0 aromatic carbocycles. The van der Waals surface area contributed by atoms with E-state index >= 15 is 0 Å². The average molecular weight is 283 g/mol. The number of allylic oxidation sites excluding steroid dienone is 2. The van der Waals surface area contributed by atoms with E-state index in [1.807, 2.05) is 19.9 Å². The third kappa shape index (κ3) is 0.912. The molecule has 1 saturated carbocycles. The Kier molecular flexibility index (Phi) is 1.93. The lowest BCUT2D eigenvalue weighted by Gasteiger charge is -2.43. The molecule has 0 unspecified atom stereocenters. The zero-order chi connectivity index (χ0) is 11.7. The Balaban J connectivity index is 2.26. The molecule has 2 nitrogen and oxygen atoms in total. The molecule has 1 N–H and O–H groups in total. The van der Waals surface area contributed by atoms with Crippen molar-refractivity contribution in [2.45, 2.75) is 25.9 Å². The van der Waals surface area contributed by atoms with Gasteiger partial charge < -0.3 is 5.11 Å². The number of rotatable bonds is 0. The van der Waals surface area contributed by atoms with Crippen LogP contribution in [-0.4, -0.2) is 16.5 Å². The monoisotopic (exact) mass is 282 g/mol. The van der Waals surface area contributed by atoms with E-state index in [1.165, 1.54) is 0 Å². The molecule has 0 saturated heterocycles. The fourth-order valence-electron chi connectivity index (χ4n) is 4.02. The van der Waals surface area contributed by atoms with E-state index in [0.29, 0.717) is 5.92 Å². The number of hydrogen-bond acceptors (Lipinski definition) is 2. The lowest BCUT2D eigenvalue weighted by atomic mass is 9.65. The molecule has 0 spiro atoms. The number of hydrogen-bond donors (Lipinski definition) is 1. The Morgan fingerprint density at radius 2 is 2.19 bits per heavy atom. The van der Waals surface area contributed by atoms with Crippen molar-refractivity contribution in [3.05, 3.63) is 22.7 Å². The molecule has 0 amide bonds. The summed E-state index contributed by atoms with van der Waals surface area (Å²) in [5, 5.41) is 10.8. The molecule has 1 fully saturated rings. The first-order valence-corrected chi connectivity index (χ1v) is 6.50. The number of aliphatic hydroxyl groups is 1. The van der Waals surface area contributed by atoms with Crippen LogP contribution in [0.4, 0.5) is 0 Å². The zero-order valence-corrected chi connectivity index (χ0v) is 11.0. The summed E-state index contributed by atoms with van der Waals surface area (Å²) in [4.78, 5) is 12.2. The molecule has 0 heterocycles. The van der Waals surface area contributed by atoms with Crippen LogP contribution in [0.25, 0.3) is 0 Å². The summed E-state index contributed by atoms with van der Waals surface area (Å²) in [5.74, 6) is 0.484. The van der Waals surface area contributed by atoms with Crippen molar-refractivity contribution in [1.29, 1.82) is 0 Å². The summed E-state index contributed by atoms with van der Waals surface area (Å²) >= 11 is 3.52. The van der Waals surface area contributed by atoms with E-state index in [4.69, 9.17) is 0 Å². The third-order valence-corrected chi connectivity index (χ3v) is 5.55. The minimum atomic E-state index is -1.20. The Bertz CT molecular complexity index is 435. The van der Waals surface area contributed by atoms with E-state index in [9.17, 15) is 9.90 Å². The van der Waals surface area contributed by atoms with Gasteiger partial charge in [-0.2, -0.15) is 0 Å². The second-order valence-electron chi connectivity index (χ2n) is 5.71. The van der Waals surface area contributed by atoms with Gasteiger partial charge in [0.05, 0.1) is 0 Å². The first kappa shape index (κ1) is 10.7. The van der Waals surface area contributed by atoms with Crippen LogP contribution in [0.3, 0.4) is 0 Å². The van der Waals surface area contributed by atoms with Crippen molar-refractivity contribution in [3.63, 3.8) is 0 Å². The Morgan fingerprint density at radius 3 is 2.88 bits per heavy atom. The highest BCUT2D eigenvalue weighted by molar-refractivity contribution is 9.11. The minimum Gasteiger partial charge on any atom is -0.380 e. The molecule has 0 radical (unpaired) electrons. The molecular weight excluding hydrogens is 268 g/mol. The molecule has 3 aliphatic rings. The Morgan fingerprint density at radius 1 is 1.50 bits per heavy atom.